The minimum Gasteiger partial charge on any atom is -0.446 e. The average molecular weight is 672 g/mol. The molecule has 15 nitrogen and oxygen atoms in total. The van der Waals surface area contributed by atoms with Gasteiger partial charge in [-0.3, -0.25) is 24.0 Å². The van der Waals surface area contributed by atoms with E-state index < -0.39 is 47.9 Å². The predicted octanol–water partition coefficient (Wildman–Crippen LogP) is 1.06. The van der Waals surface area contributed by atoms with Crippen LogP contribution in [0.5, 0.6) is 0 Å². The number of fused-ring (bicyclic) bond motifs is 4. The van der Waals surface area contributed by atoms with Crippen molar-refractivity contribution >= 4 is 29.5 Å². The molecule has 4 aromatic rings. The molecule has 0 fully saturated rings. The second-order valence-corrected chi connectivity index (χ2v) is 11.7. The quantitative estimate of drug-likeness (QED) is 0.204. The zero-order valence-corrected chi connectivity index (χ0v) is 26.9. The van der Waals surface area contributed by atoms with Crippen LogP contribution >= 0.6 is 0 Å². The van der Waals surface area contributed by atoms with Gasteiger partial charge in [0.2, 0.25) is 23.6 Å². The van der Waals surface area contributed by atoms with Crippen LogP contribution in [0.1, 0.15) is 63.6 Å². The molecule has 2 aromatic carbocycles. The molecule has 0 saturated carbocycles. The first-order chi connectivity index (χ1) is 23.6. The van der Waals surface area contributed by atoms with E-state index in [-0.39, 0.29) is 61.4 Å². The first kappa shape index (κ1) is 34.5. The molecule has 4 atom stereocenters. The van der Waals surface area contributed by atoms with Crippen molar-refractivity contribution in [3.63, 3.8) is 0 Å². The summed E-state index contributed by atoms with van der Waals surface area (Å²) in [5, 5.41) is 24.7. The van der Waals surface area contributed by atoms with Gasteiger partial charge in [-0.2, -0.15) is 0 Å². The van der Waals surface area contributed by atoms with Crippen LogP contribution in [0.25, 0.3) is 0 Å². The first-order valence-electron chi connectivity index (χ1n) is 15.7. The van der Waals surface area contributed by atoms with Crippen molar-refractivity contribution in [2.24, 2.45) is 0 Å². The minimum atomic E-state index is -1.44. The highest BCUT2D eigenvalue weighted by atomic mass is 16.5. The lowest BCUT2D eigenvalue weighted by Crippen LogP contribution is -2.56. The normalized spacial score (nSPS) is 20.2. The summed E-state index contributed by atoms with van der Waals surface area (Å²) in [7, 11) is 0. The van der Waals surface area contributed by atoms with Crippen molar-refractivity contribution in [1.82, 2.24) is 36.3 Å². The van der Waals surface area contributed by atoms with Crippen molar-refractivity contribution in [3.8, 4) is 0 Å². The van der Waals surface area contributed by atoms with Gasteiger partial charge >= 0.3 is 0 Å². The van der Waals surface area contributed by atoms with Crippen LogP contribution in [-0.2, 0) is 33.8 Å². The van der Waals surface area contributed by atoms with Crippen LogP contribution in [0.15, 0.2) is 81.9 Å². The molecule has 0 spiro atoms. The summed E-state index contributed by atoms with van der Waals surface area (Å²) in [5.74, 6) is -2.86. The molecule has 5 N–H and O–H groups in total. The van der Waals surface area contributed by atoms with Crippen LogP contribution < -0.4 is 21.3 Å². The molecule has 49 heavy (non-hydrogen) atoms. The van der Waals surface area contributed by atoms with Gasteiger partial charge in [-0.05, 0) is 25.0 Å². The Morgan fingerprint density at radius 1 is 0.939 bits per heavy atom. The van der Waals surface area contributed by atoms with Crippen molar-refractivity contribution in [3.05, 3.63) is 107 Å². The number of benzene rings is 2. The number of aromatic nitrogens is 2. The van der Waals surface area contributed by atoms with Gasteiger partial charge < -0.3 is 40.2 Å². The number of hydrogen-bond acceptors (Lipinski definition) is 10. The first-order valence-corrected chi connectivity index (χ1v) is 15.7. The zero-order valence-electron chi connectivity index (χ0n) is 26.9. The largest absolute Gasteiger partial charge is 0.446 e. The number of nitrogens with one attached hydrogen (secondary N) is 4. The number of nitrogens with zero attached hydrogens (tertiary/aromatic N) is 3. The fraction of sp³-hybridized carbons (Fsp3) is 0.324. The highest BCUT2D eigenvalue weighted by Crippen LogP contribution is 2.20. The molecule has 15 heteroatoms. The Morgan fingerprint density at radius 2 is 1.61 bits per heavy atom. The molecule has 0 saturated heterocycles. The number of aliphatic hydroxyl groups is 1. The van der Waals surface area contributed by atoms with Crippen LogP contribution in [-0.4, -0.2) is 81.0 Å². The molecule has 0 unspecified atom stereocenters. The van der Waals surface area contributed by atoms with Crippen LogP contribution in [0.3, 0.4) is 0 Å². The van der Waals surface area contributed by atoms with Gasteiger partial charge in [0.1, 0.15) is 24.4 Å². The van der Waals surface area contributed by atoms with E-state index in [0.29, 0.717) is 0 Å². The highest BCUT2D eigenvalue weighted by Gasteiger charge is 2.31. The summed E-state index contributed by atoms with van der Waals surface area (Å²) in [5.41, 5.74) is 1.35. The Bertz CT molecular complexity index is 1770. The summed E-state index contributed by atoms with van der Waals surface area (Å²) >= 11 is 0. The van der Waals surface area contributed by atoms with Crippen molar-refractivity contribution in [2.75, 3.05) is 13.1 Å². The van der Waals surface area contributed by atoms with Gasteiger partial charge in [0.25, 0.3) is 11.8 Å². The van der Waals surface area contributed by atoms with E-state index in [1.165, 1.54) is 24.8 Å². The lowest BCUT2D eigenvalue weighted by Gasteiger charge is -2.24. The molecular weight excluding hydrogens is 634 g/mol. The van der Waals surface area contributed by atoms with Crippen molar-refractivity contribution in [2.45, 2.75) is 57.5 Å². The van der Waals surface area contributed by atoms with Gasteiger partial charge in [-0.25, -0.2) is 4.98 Å². The molecule has 256 valence electrons. The van der Waals surface area contributed by atoms with Gasteiger partial charge in [0.15, 0.2) is 17.1 Å². The lowest BCUT2D eigenvalue weighted by atomic mass is 10.1. The number of rotatable bonds is 5. The van der Waals surface area contributed by atoms with Crippen LogP contribution in [0.2, 0.25) is 0 Å². The minimum absolute atomic E-state index is 0.00186. The number of oxazole rings is 1. The smallest absolute Gasteiger partial charge is 0.274 e. The van der Waals surface area contributed by atoms with E-state index in [9.17, 15) is 29.1 Å². The third-order valence-electron chi connectivity index (χ3n) is 7.81. The maximum Gasteiger partial charge on any atom is 0.274 e. The molecule has 1 aliphatic rings. The predicted molar refractivity (Wildman–Crippen MR) is 172 cm³/mol. The van der Waals surface area contributed by atoms with Crippen molar-refractivity contribution < 1.29 is 38.0 Å². The zero-order chi connectivity index (χ0) is 34.9. The standard InChI is InChI=1S/C34H37N7O8/c1-20-30(44)35-13-14-41(28(43)16-23-11-7-4-8-12-23)18-24-17-25(40-49-24)31(45)37-26(15-22-9-5-3-6-10-22)34-38-27(19-48-34)32(46)39-29(21(2)42)33(47)36-20/h3-12,17,19-21,26,29,42H,13-16,18H2,1-2H3,(H,35,44)(H,36,47)(H,37,45)(H,39,46)/t20-,21-,26-,29+/m1/s1. The summed E-state index contributed by atoms with van der Waals surface area (Å²) < 4.78 is 11.1. The Labute approximate surface area is 281 Å². The second-order valence-electron chi connectivity index (χ2n) is 11.7. The molecule has 5 amide bonds. The maximum absolute atomic E-state index is 13.4. The topological polar surface area (TPSA) is 209 Å². The van der Waals surface area contributed by atoms with Gasteiger partial charge in [0, 0.05) is 25.6 Å². The molecule has 2 aromatic heterocycles. The molecular formula is C34H37N7O8. The van der Waals surface area contributed by atoms with Crippen LogP contribution in [0, 0.1) is 0 Å². The summed E-state index contributed by atoms with van der Waals surface area (Å²) in [6, 6.07) is 16.4. The summed E-state index contributed by atoms with van der Waals surface area (Å²) in [4.78, 5) is 71.7. The number of carbonyl (C=O) groups excluding carboxylic acids is 5. The Balaban J connectivity index is 1.45. The van der Waals surface area contributed by atoms with Gasteiger partial charge in [-0.15, -0.1) is 0 Å². The summed E-state index contributed by atoms with van der Waals surface area (Å²) in [6.07, 6.45) is 0.0456. The molecule has 0 radical (unpaired) electrons. The second kappa shape index (κ2) is 15.8. The average Bonchev–Trinajstić information content (AvgIpc) is 3.77. The third kappa shape index (κ3) is 9.16. The summed E-state index contributed by atoms with van der Waals surface area (Å²) in [6.45, 7) is 2.80. The maximum atomic E-state index is 13.4. The van der Waals surface area contributed by atoms with E-state index in [2.05, 4.69) is 31.4 Å². The number of aliphatic hydroxyl groups excluding tert-OH is 1. The number of carbonyl (C=O) groups is 5. The van der Waals surface area contributed by atoms with Crippen LogP contribution in [0.4, 0.5) is 0 Å². The third-order valence-corrected chi connectivity index (χ3v) is 7.81. The van der Waals surface area contributed by atoms with E-state index in [1.807, 2.05) is 60.7 Å². The van der Waals surface area contributed by atoms with Gasteiger partial charge in [0.05, 0.1) is 19.1 Å². The molecule has 3 heterocycles. The fourth-order valence-corrected chi connectivity index (χ4v) is 5.15. The molecule has 0 aliphatic carbocycles. The Kier molecular flexibility index (Phi) is 11.2. The highest BCUT2D eigenvalue weighted by molar-refractivity contribution is 5.97. The van der Waals surface area contributed by atoms with E-state index in [1.54, 1.807) is 0 Å². The van der Waals surface area contributed by atoms with Crippen molar-refractivity contribution in [1.29, 1.82) is 0 Å². The fourth-order valence-electron chi connectivity index (χ4n) is 5.15. The van der Waals surface area contributed by atoms with E-state index >= 15 is 0 Å². The molecule has 1 aliphatic heterocycles. The van der Waals surface area contributed by atoms with E-state index in [0.717, 1.165) is 17.4 Å². The monoisotopic (exact) mass is 671 g/mol. The SMILES string of the molecule is C[C@H]1NC(=O)[C@H]([C@@H](C)O)NC(=O)c2coc(n2)[C@@H](Cc2ccccc2)NC(=O)c2cc(on2)CN(C(=O)Cc2ccccc2)CCNC1=O. The van der Waals surface area contributed by atoms with Gasteiger partial charge in [-0.1, -0.05) is 65.8 Å². The Hall–Kier alpha value is -5.83. The number of hydrogen-bond donors (Lipinski definition) is 5. The number of amides is 5. The Morgan fingerprint density at radius 3 is 2.31 bits per heavy atom. The lowest BCUT2D eigenvalue weighted by molar-refractivity contribution is -0.132. The van der Waals surface area contributed by atoms with E-state index in [4.69, 9.17) is 8.94 Å². The molecule has 4 bridgehead atoms. The molecule has 5 rings (SSSR count).